The zero-order chi connectivity index (χ0) is 12.4. The third kappa shape index (κ3) is 2.19. The van der Waals surface area contributed by atoms with Gasteiger partial charge in [0.1, 0.15) is 6.10 Å². The molecule has 0 aliphatic heterocycles. The van der Waals surface area contributed by atoms with Crippen molar-refractivity contribution < 1.29 is 18.6 Å². The first-order valence-corrected chi connectivity index (χ1v) is 5.03. The molecule has 0 radical (unpaired) electrons. The first-order valence-electron chi connectivity index (χ1n) is 5.03. The molecule has 0 bridgehead atoms. The average molecular weight is 239 g/mol. The van der Waals surface area contributed by atoms with Crippen LogP contribution in [0.4, 0.5) is 8.78 Å². The van der Waals surface area contributed by atoms with Crippen LogP contribution in [0.25, 0.3) is 10.9 Å². The quantitative estimate of drug-likeness (QED) is 0.895. The van der Waals surface area contributed by atoms with Crippen LogP contribution in [0.15, 0.2) is 30.3 Å². The molecule has 2 rings (SSSR count). The standard InChI is InChI=1S/C12H11F2NO2/c1-17-12-8(10(16)11(13)14)6-7-4-2-3-5-9(7)15-12/h2-6,10-11,16H,1H3. The van der Waals surface area contributed by atoms with Crippen LogP contribution < -0.4 is 4.74 Å². The van der Waals surface area contributed by atoms with Crippen LogP contribution in [0.5, 0.6) is 5.88 Å². The zero-order valence-corrected chi connectivity index (χ0v) is 9.10. The summed E-state index contributed by atoms with van der Waals surface area (Å²) in [6.07, 6.45) is -4.76. The molecule has 0 saturated carbocycles. The van der Waals surface area contributed by atoms with Crippen molar-refractivity contribution in [2.75, 3.05) is 7.11 Å². The predicted octanol–water partition coefficient (Wildman–Crippen LogP) is 2.54. The highest BCUT2D eigenvalue weighted by Gasteiger charge is 2.24. The minimum absolute atomic E-state index is 0.00111. The van der Waals surface area contributed by atoms with Crippen LogP contribution in [0.1, 0.15) is 11.7 Å². The number of alkyl halides is 2. The van der Waals surface area contributed by atoms with Crippen molar-refractivity contribution in [2.45, 2.75) is 12.5 Å². The number of aromatic nitrogens is 1. The highest BCUT2D eigenvalue weighted by atomic mass is 19.3. The minimum atomic E-state index is -2.87. The molecular formula is C12H11F2NO2. The Balaban J connectivity index is 2.60. The number of para-hydroxylation sites is 1. The highest BCUT2D eigenvalue weighted by Crippen LogP contribution is 2.30. The van der Waals surface area contributed by atoms with Crippen molar-refractivity contribution in [3.63, 3.8) is 0 Å². The van der Waals surface area contributed by atoms with Gasteiger partial charge in [0.05, 0.1) is 12.6 Å². The summed E-state index contributed by atoms with van der Waals surface area (Å²) < 4.78 is 29.9. The van der Waals surface area contributed by atoms with Crippen LogP contribution in [0.3, 0.4) is 0 Å². The number of hydrogen-bond acceptors (Lipinski definition) is 3. The second-order valence-corrected chi connectivity index (χ2v) is 3.56. The van der Waals surface area contributed by atoms with Crippen molar-refractivity contribution >= 4 is 10.9 Å². The van der Waals surface area contributed by atoms with Gasteiger partial charge in [-0.2, -0.15) is 0 Å². The van der Waals surface area contributed by atoms with Gasteiger partial charge < -0.3 is 9.84 Å². The number of hydrogen-bond donors (Lipinski definition) is 1. The molecule has 0 aliphatic rings. The Morgan fingerprint density at radius 2 is 2.00 bits per heavy atom. The van der Waals surface area contributed by atoms with E-state index in [0.717, 1.165) is 0 Å². The van der Waals surface area contributed by atoms with Gasteiger partial charge in [0.25, 0.3) is 6.43 Å². The van der Waals surface area contributed by atoms with E-state index in [1.165, 1.54) is 13.2 Å². The Morgan fingerprint density at radius 3 is 2.65 bits per heavy atom. The van der Waals surface area contributed by atoms with E-state index >= 15 is 0 Å². The van der Waals surface area contributed by atoms with Crippen molar-refractivity contribution in [1.29, 1.82) is 0 Å². The molecule has 1 heterocycles. The fourth-order valence-corrected chi connectivity index (χ4v) is 1.63. The van der Waals surface area contributed by atoms with E-state index in [0.29, 0.717) is 10.9 Å². The van der Waals surface area contributed by atoms with E-state index in [-0.39, 0.29) is 11.4 Å². The molecule has 1 N–H and O–H groups in total. The lowest BCUT2D eigenvalue weighted by molar-refractivity contribution is -0.00719. The number of nitrogens with zero attached hydrogens (tertiary/aromatic N) is 1. The maximum Gasteiger partial charge on any atom is 0.268 e. The normalized spacial score (nSPS) is 13.0. The zero-order valence-electron chi connectivity index (χ0n) is 9.10. The monoisotopic (exact) mass is 239 g/mol. The molecule has 1 unspecified atom stereocenters. The van der Waals surface area contributed by atoms with Gasteiger partial charge in [-0.05, 0) is 12.1 Å². The summed E-state index contributed by atoms with van der Waals surface area (Å²) in [5.74, 6) is 0.0245. The fourth-order valence-electron chi connectivity index (χ4n) is 1.63. The number of methoxy groups -OCH3 is 1. The summed E-state index contributed by atoms with van der Waals surface area (Å²) in [5, 5.41) is 10.1. The molecule has 5 heteroatoms. The van der Waals surface area contributed by atoms with Gasteiger partial charge in [-0.1, -0.05) is 18.2 Å². The molecule has 17 heavy (non-hydrogen) atoms. The van der Waals surface area contributed by atoms with Crippen LogP contribution >= 0.6 is 0 Å². The Labute approximate surface area is 96.7 Å². The second kappa shape index (κ2) is 4.63. The minimum Gasteiger partial charge on any atom is -0.481 e. The molecule has 0 spiro atoms. The van der Waals surface area contributed by atoms with Gasteiger partial charge in [-0.15, -0.1) is 0 Å². The van der Waals surface area contributed by atoms with Crippen LogP contribution in [-0.2, 0) is 0 Å². The SMILES string of the molecule is COc1nc2ccccc2cc1C(O)C(F)F. The Hall–Kier alpha value is -1.75. The Morgan fingerprint density at radius 1 is 1.29 bits per heavy atom. The molecule has 3 nitrogen and oxygen atoms in total. The largest absolute Gasteiger partial charge is 0.481 e. The molecule has 0 saturated heterocycles. The second-order valence-electron chi connectivity index (χ2n) is 3.56. The van der Waals surface area contributed by atoms with Gasteiger partial charge >= 0.3 is 0 Å². The first kappa shape index (κ1) is 11.7. The molecule has 0 fully saturated rings. The van der Waals surface area contributed by atoms with Crippen LogP contribution in [0.2, 0.25) is 0 Å². The summed E-state index contributed by atoms with van der Waals surface area (Å²) in [7, 11) is 1.33. The Kier molecular flexibility index (Phi) is 3.19. The van der Waals surface area contributed by atoms with E-state index in [4.69, 9.17) is 4.74 Å². The number of halogens is 2. The number of aliphatic hydroxyl groups is 1. The number of fused-ring (bicyclic) bond motifs is 1. The van der Waals surface area contributed by atoms with Gasteiger partial charge in [-0.25, -0.2) is 13.8 Å². The average Bonchev–Trinajstić information content (AvgIpc) is 2.36. The summed E-state index contributed by atoms with van der Waals surface area (Å²) in [6.45, 7) is 0. The topological polar surface area (TPSA) is 42.4 Å². The van der Waals surface area contributed by atoms with Crippen molar-refractivity contribution in [2.24, 2.45) is 0 Å². The molecule has 0 amide bonds. The molecule has 0 aliphatic carbocycles. The molecule has 1 aromatic heterocycles. The van der Waals surface area contributed by atoms with E-state index in [2.05, 4.69) is 4.98 Å². The summed E-state index contributed by atoms with van der Waals surface area (Å²) in [5.41, 5.74) is 0.635. The number of rotatable bonds is 3. The van der Waals surface area contributed by atoms with Crippen LogP contribution in [0, 0.1) is 0 Å². The van der Waals surface area contributed by atoms with E-state index in [1.807, 2.05) is 0 Å². The molecule has 90 valence electrons. The third-order valence-corrected chi connectivity index (χ3v) is 2.47. The van der Waals surface area contributed by atoms with Gasteiger partial charge in [-0.3, -0.25) is 0 Å². The highest BCUT2D eigenvalue weighted by molar-refractivity contribution is 5.80. The fraction of sp³-hybridized carbons (Fsp3) is 0.250. The molecular weight excluding hydrogens is 228 g/mol. The third-order valence-electron chi connectivity index (χ3n) is 2.47. The smallest absolute Gasteiger partial charge is 0.268 e. The summed E-state index contributed by atoms with van der Waals surface area (Å²) >= 11 is 0. The summed E-state index contributed by atoms with van der Waals surface area (Å²) in [4.78, 5) is 4.08. The van der Waals surface area contributed by atoms with Gasteiger partial charge in [0, 0.05) is 10.9 Å². The summed E-state index contributed by atoms with van der Waals surface area (Å²) in [6, 6.07) is 8.52. The maximum atomic E-state index is 12.5. The lowest BCUT2D eigenvalue weighted by Crippen LogP contribution is -2.10. The molecule has 1 atom stereocenters. The Bertz CT molecular complexity index is 531. The van der Waals surface area contributed by atoms with E-state index < -0.39 is 12.5 Å². The van der Waals surface area contributed by atoms with Crippen LogP contribution in [-0.4, -0.2) is 23.6 Å². The lowest BCUT2D eigenvalue weighted by atomic mass is 10.1. The number of ether oxygens (including phenoxy) is 1. The van der Waals surface area contributed by atoms with E-state index in [9.17, 15) is 13.9 Å². The lowest BCUT2D eigenvalue weighted by Gasteiger charge is -2.14. The van der Waals surface area contributed by atoms with Gasteiger partial charge in [0.15, 0.2) is 0 Å². The van der Waals surface area contributed by atoms with Gasteiger partial charge in [0.2, 0.25) is 5.88 Å². The number of pyridine rings is 1. The number of aliphatic hydroxyl groups excluding tert-OH is 1. The van der Waals surface area contributed by atoms with Crippen molar-refractivity contribution in [1.82, 2.24) is 4.98 Å². The number of benzene rings is 1. The molecule has 1 aromatic carbocycles. The first-order chi connectivity index (χ1) is 8.13. The van der Waals surface area contributed by atoms with Crippen molar-refractivity contribution in [3.05, 3.63) is 35.9 Å². The predicted molar refractivity (Wildman–Crippen MR) is 59.3 cm³/mol. The maximum absolute atomic E-state index is 12.5. The van der Waals surface area contributed by atoms with E-state index in [1.54, 1.807) is 24.3 Å². The van der Waals surface area contributed by atoms with Crippen molar-refractivity contribution in [3.8, 4) is 5.88 Å². The molecule has 2 aromatic rings.